The summed E-state index contributed by atoms with van der Waals surface area (Å²) < 4.78 is 43.8. The molecule has 0 saturated heterocycles. The molecule has 1 saturated carbocycles. The molecule has 0 spiro atoms. The lowest BCUT2D eigenvalue weighted by Gasteiger charge is -2.27. The summed E-state index contributed by atoms with van der Waals surface area (Å²) in [6, 6.07) is 5.89. The number of aromatic nitrogens is 4. The van der Waals surface area contributed by atoms with Crippen LogP contribution in [0.4, 0.5) is 13.2 Å². The van der Waals surface area contributed by atoms with Crippen molar-refractivity contribution in [2.75, 3.05) is 0 Å². The minimum atomic E-state index is -4.81. The average molecular weight is 407 g/mol. The van der Waals surface area contributed by atoms with E-state index in [1.165, 1.54) is 24.4 Å². The highest BCUT2D eigenvalue weighted by atomic mass is 19.4. The minimum absolute atomic E-state index is 0.0210. The molecule has 2 heterocycles. The summed E-state index contributed by atoms with van der Waals surface area (Å²) in [5.41, 5.74) is 6.36. The van der Waals surface area contributed by atoms with E-state index in [-0.39, 0.29) is 41.2 Å². The molecule has 1 fully saturated rings. The lowest BCUT2D eigenvalue weighted by molar-refractivity contribution is -0.274. The molecule has 0 aliphatic heterocycles. The fourth-order valence-corrected chi connectivity index (χ4v) is 3.81. The van der Waals surface area contributed by atoms with Crippen LogP contribution < -0.4 is 16.0 Å². The van der Waals surface area contributed by atoms with Crippen molar-refractivity contribution in [2.24, 2.45) is 5.73 Å². The third-order valence-corrected chi connectivity index (χ3v) is 5.10. The zero-order valence-corrected chi connectivity index (χ0v) is 15.4. The van der Waals surface area contributed by atoms with Crippen molar-refractivity contribution in [3.8, 4) is 5.75 Å². The van der Waals surface area contributed by atoms with Crippen LogP contribution in [0.15, 0.2) is 35.3 Å². The highest BCUT2D eigenvalue weighted by molar-refractivity contribution is 5.73. The number of para-hydroxylation sites is 1. The Kier molecular flexibility index (Phi) is 5.03. The van der Waals surface area contributed by atoms with Crippen LogP contribution in [-0.4, -0.2) is 32.2 Å². The van der Waals surface area contributed by atoms with Crippen molar-refractivity contribution >= 4 is 11.0 Å². The van der Waals surface area contributed by atoms with Gasteiger partial charge in [-0.05, 0) is 31.7 Å². The maximum absolute atomic E-state index is 12.7. The van der Waals surface area contributed by atoms with Crippen LogP contribution in [0.2, 0.25) is 0 Å². The van der Waals surface area contributed by atoms with Crippen molar-refractivity contribution in [3.63, 3.8) is 0 Å². The van der Waals surface area contributed by atoms with Crippen molar-refractivity contribution in [1.82, 2.24) is 19.7 Å². The lowest BCUT2D eigenvalue weighted by atomic mass is 9.92. The standard InChI is InChI=1S/C19H20F3N5O2/c20-19(21,22)29-15-7-2-1-4-11(15)8-16-25-17-14(18(28)26-16)10-24-27(17)13-6-3-5-12(23)9-13/h1-2,4,7,10,12-13H,3,5-6,8-9,23H2,(H,25,26,28). The molecule has 2 unspecified atom stereocenters. The minimum Gasteiger partial charge on any atom is -0.405 e. The van der Waals surface area contributed by atoms with Crippen LogP contribution in [0.25, 0.3) is 11.0 Å². The van der Waals surface area contributed by atoms with Gasteiger partial charge in [0.05, 0.1) is 12.2 Å². The molecule has 4 rings (SSSR count). The monoisotopic (exact) mass is 407 g/mol. The van der Waals surface area contributed by atoms with Gasteiger partial charge in [0.2, 0.25) is 0 Å². The Balaban J connectivity index is 1.69. The molecule has 29 heavy (non-hydrogen) atoms. The number of alkyl halides is 3. The van der Waals surface area contributed by atoms with Crippen LogP contribution >= 0.6 is 0 Å². The summed E-state index contributed by atoms with van der Waals surface area (Å²) in [4.78, 5) is 19.6. The number of ether oxygens (including phenoxy) is 1. The molecule has 0 bridgehead atoms. The quantitative estimate of drug-likeness (QED) is 0.693. The van der Waals surface area contributed by atoms with Crippen LogP contribution in [-0.2, 0) is 6.42 Å². The number of aromatic amines is 1. The number of hydrogen-bond acceptors (Lipinski definition) is 5. The van der Waals surface area contributed by atoms with Crippen LogP contribution in [0.3, 0.4) is 0 Å². The fraction of sp³-hybridized carbons (Fsp3) is 0.421. The molecule has 3 aromatic rings. The van der Waals surface area contributed by atoms with E-state index in [0.29, 0.717) is 11.0 Å². The summed E-state index contributed by atoms with van der Waals surface area (Å²) >= 11 is 0. The molecular weight excluding hydrogens is 387 g/mol. The summed E-state index contributed by atoms with van der Waals surface area (Å²) in [6.45, 7) is 0. The summed E-state index contributed by atoms with van der Waals surface area (Å²) in [6.07, 6.45) is 0.174. The molecule has 154 valence electrons. The van der Waals surface area contributed by atoms with Gasteiger partial charge >= 0.3 is 6.36 Å². The molecule has 10 heteroatoms. The number of rotatable bonds is 4. The second-order valence-corrected chi connectivity index (χ2v) is 7.25. The third-order valence-electron chi connectivity index (χ3n) is 5.10. The first-order chi connectivity index (χ1) is 13.8. The van der Waals surface area contributed by atoms with Crippen molar-refractivity contribution in [1.29, 1.82) is 0 Å². The zero-order valence-electron chi connectivity index (χ0n) is 15.4. The number of H-pyrrole nitrogens is 1. The second kappa shape index (κ2) is 7.51. The third kappa shape index (κ3) is 4.26. The van der Waals surface area contributed by atoms with Crippen molar-refractivity contribution in [3.05, 3.63) is 52.2 Å². The van der Waals surface area contributed by atoms with Gasteiger partial charge in [0.1, 0.15) is 17.0 Å². The van der Waals surface area contributed by atoms with Gasteiger partial charge < -0.3 is 15.5 Å². The van der Waals surface area contributed by atoms with Gasteiger partial charge in [0.25, 0.3) is 5.56 Å². The molecule has 0 radical (unpaired) electrons. The molecule has 3 N–H and O–H groups in total. The van der Waals surface area contributed by atoms with Crippen LogP contribution in [0, 0.1) is 0 Å². The maximum Gasteiger partial charge on any atom is 0.573 e. The predicted molar refractivity (Wildman–Crippen MR) is 99.6 cm³/mol. The van der Waals surface area contributed by atoms with E-state index in [4.69, 9.17) is 5.73 Å². The van der Waals surface area contributed by atoms with E-state index in [9.17, 15) is 18.0 Å². The number of benzene rings is 1. The smallest absolute Gasteiger partial charge is 0.405 e. The van der Waals surface area contributed by atoms with Gasteiger partial charge in [-0.2, -0.15) is 5.10 Å². The number of nitrogens with one attached hydrogen (secondary N) is 1. The summed E-state index contributed by atoms with van der Waals surface area (Å²) in [7, 11) is 0. The molecule has 1 aromatic carbocycles. The summed E-state index contributed by atoms with van der Waals surface area (Å²) in [5.74, 6) is -0.0860. The Hall–Kier alpha value is -2.88. The lowest BCUT2D eigenvalue weighted by Crippen LogP contribution is -2.30. The molecule has 1 aliphatic rings. The zero-order chi connectivity index (χ0) is 20.6. The van der Waals surface area contributed by atoms with E-state index in [1.54, 1.807) is 10.7 Å². The van der Waals surface area contributed by atoms with E-state index < -0.39 is 6.36 Å². The fourth-order valence-electron chi connectivity index (χ4n) is 3.81. The van der Waals surface area contributed by atoms with Crippen LogP contribution in [0.5, 0.6) is 5.75 Å². The molecule has 2 aromatic heterocycles. The Morgan fingerprint density at radius 2 is 2.07 bits per heavy atom. The molecule has 2 atom stereocenters. The maximum atomic E-state index is 12.7. The van der Waals surface area contributed by atoms with Gasteiger partial charge in [0.15, 0.2) is 5.65 Å². The topological polar surface area (TPSA) is 98.8 Å². The van der Waals surface area contributed by atoms with Crippen LogP contribution in [0.1, 0.15) is 43.1 Å². The Morgan fingerprint density at radius 3 is 2.83 bits per heavy atom. The van der Waals surface area contributed by atoms with E-state index in [1.807, 2.05) is 0 Å². The van der Waals surface area contributed by atoms with E-state index in [0.717, 1.165) is 25.7 Å². The largest absolute Gasteiger partial charge is 0.573 e. The number of hydrogen-bond donors (Lipinski definition) is 2. The van der Waals surface area contributed by atoms with Gasteiger partial charge in [-0.25, -0.2) is 9.67 Å². The Bertz CT molecular complexity index is 1080. The molecule has 1 aliphatic carbocycles. The van der Waals surface area contributed by atoms with Crippen molar-refractivity contribution < 1.29 is 17.9 Å². The molecule has 7 nitrogen and oxygen atoms in total. The first-order valence-electron chi connectivity index (χ1n) is 9.36. The number of halogens is 3. The Labute approximate surface area is 163 Å². The van der Waals surface area contributed by atoms with Gasteiger partial charge in [0, 0.05) is 18.0 Å². The predicted octanol–water partition coefficient (Wildman–Crippen LogP) is 3.05. The Morgan fingerprint density at radius 1 is 1.28 bits per heavy atom. The van der Waals surface area contributed by atoms with Gasteiger partial charge in [-0.1, -0.05) is 18.2 Å². The average Bonchev–Trinajstić information content (AvgIpc) is 3.07. The summed E-state index contributed by atoms with van der Waals surface area (Å²) in [5, 5.41) is 4.67. The highest BCUT2D eigenvalue weighted by Crippen LogP contribution is 2.30. The molecule has 0 amide bonds. The normalized spacial score (nSPS) is 20.1. The highest BCUT2D eigenvalue weighted by Gasteiger charge is 2.32. The first kappa shape index (κ1) is 19.4. The van der Waals surface area contributed by atoms with E-state index in [2.05, 4.69) is 19.8 Å². The van der Waals surface area contributed by atoms with Gasteiger partial charge in [-0.3, -0.25) is 4.79 Å². The molecular formula is C19H20F3N5O2. The van der Waals surface area contributed by atoms with E-state index >= 15 is 0 Å². The van der Waals surface area contributed by atoms with Gasteiger partial charge in [-0.15, -0.1) is 13.2 Å². The SMILES string of the molecule is NC1CCCC(n2ncc3c(=O)[nH]c(Cc4ccccc4OC(F)(F)F)nc32)C1. The number of nitrogens with two attached hydrogens (primary N) is 1. The first-order valence-corrected chi connectivity index (χ1v) is 9.36. The number of fused-ring (bicyclic) bond motifs is 1. The van der Waals surface area contributed by atoms with Crippen molar-refractivity contribution in [2.45, 2.75) is 50.6 Å². The second-order valence-electron chi connectivity index (χ2n) is 7.25. The number of nitrogens with zero attached hydrogens (tertiary/aromatic N) is 3.